The lowest BCUT2D eigenvalue weighted by Crippen LogP contribution is -2.23. The molecule has 0 saturated carbocycles. The van der Waals surface area contributed by atoms with Crippen molar-refractivity contribution < 1.29 is 14.3 Å². The SMILES string of the molecule is COc1ccc(CNc2cncc(C(=O)NCc3ccccc3)c2)cc1OC. The molecule has 0 aliphatic rings. The molecule has 0 spiro atoms. The number of nitrogens with one attached hydrogen (secondary N) is 2. The first-order chi connectivity index (χ1) is 13.7. The van der Waals surface area contributed by atoms with Gasteiger partial charge in [-0.15, -0.1) is 0 Å². The Morgan fingerprint density at radius 1 is 0.893 bits per heavy atom. The fourth-order valence-corrected chi connectivity index (χ4v) is 2.74. The van der Waals surface area contributed by atoms with E-state index in [4.69, 9.17) is 9.47 Å². The second-order valence-electron chi connectivity index (χ2n) is 6.17. The molecule has 0 unspecified atom stereocenters. The number of carbonyl (C=O) groups is 1. The number of carbonyl (C=O) groups excluding carboxylic acids is 1. The van der Waals surface area contributed by atoms with Gasteiger partial charge in [0.2, 0.25) is 0 Å². The van der Waals surface area contributed by atoms with Crippen molar-refractivity contribution in [1.82, 2.24) is 10.3 Å². The van der Waals surface area contributed by atoms with Crippen LogP contribution in [-0.2, 0) is 13.1 Å². The van der Waals surface area contributed by atoms with Crippen LogP contribution in [0.2, 0.25) is 0 Å². The lowest BCUT2D eigenvalue weighted by molar-refractivity contribution is 0.0950. The van der Waals surface area contributed by atoms with Crippen LogP contribution in [0.5, 0.6) is 11.5 Å². The van der Waals surface area contributed by atoms with Gasteiger partial charge < -0.3 is 20.1 Å². The highest BCUT2D eigenvalue weighted by molar-refractivity contribution is 5.94. The summed E-state index contributed by atoms with van der Waals surface area (Å²) in [6.07, 6.45) is 3.25. The minimum atomic E-state index is -0.161. The van der Waals surface area contributed by atoms with Crippen molar-refractivity contribution >= 4 is 11.6 Å². The zero-order valence-electron chi connectivity index (χ0n) is 15.9. The van der Waals surface area contributed by atoms with Crippen molar-refractivity contribution in [3.05, 3.63) is 83.7 Å². The van der Waals surface area contributed by atoms with Crippen LogP contribution in [0.4, 0.5) is 5.69 Å². The molecule has 1 heterocycles. The van der Waals surface area contributed by atoms with Crippen LogP contribution in [0.25, 0.3) is 0 Å². The van der Waals surface area contributed by atoms with Gasteiger partial charge in [-0.05, 0) is 29.3 Å². The zero-order valence-corrected chi connectivity index (χ0v) is 15.9. The van der Waals surface area contributed by atoms with Crippen LogP contribution in [0, 0.1) is 0 Å². The normalized spacial score (nSPS) is 10.2. The minimum Gasteiger partial charge on any atom is -0.493 e. The maximum atomic E-state index is 12.4. The molecule has 0 aliphatic carbocycles. The highest BCUT2D eigenvalue weighted by atomic mass is 16.5. The quantitative estimate of drug-likeness (QED) is 0.627. The topological polar surface area (TPSA) is 72.5 Å². The Balaban J connectivity index is 1.61. The molecule has 6 nitrogen and oxygen atoms in total. The molecule has 1 amide bonds. The van der Waals surface area contributed by atoms with Gasteiger partial charge in [-0.2, -0.15) is 0 Å². The number of methoxy groups -OCH3 is 2. The van der Waals surface area contributed by atoms with Crippen LogP contribution < -0.4 is 20.1 Å². The minimum absolute atomic E-state index is 0.161. The summed E-state index contributed by atoms with van der Waals surface area (Å²) in [6.45, 7) is 1.04. The van der Waals surface area contributed by atoms with Crippen molar-refractivity contribution in [2.75, 3.05) is 19.5 Å². The monoisotopic (exact) mass is 377 g/mol. The third-order valence-electron chi connectivity index (χ3n) is 4.24. The first kappa shape index (κ1) is 19.2. The van der Waals surface area contributed by atoms with Crippen molar-refractivity contribution in [3.8, 4) is 11.5 Å². The van der Waals surface area contributed by atoms with E-state index in [1.807, 2.05) is 48.5 Å². The van der Waals surface area contributed by atoms with Crippen LogP contribution in [0.3, 0.4) is 0 Å². The first-order valence-electron chi connectivity index (χ1n) is 8.91. The molecule has 0 atom stereocenters. The molecular weight excluding hydrogens is 354 g/mol. The average Bonchev–Trinajstić information content (AvgIpc) is 2.76. The number of amides is 1. The molecule has 2 N–H and O–H groups in total. The van der Waals surface area contributed by atoms with Gasteiger partial charge in [-0.3, -0.25) is 9.78 Å². The summed E-state index contributed by atoms with van der Waals surface area (Å²) < 4.78 is 10.6. The molecule has 3 rings (SSSR count). The smallest absolute Gasteiger partial charge is 0.253 e. The number of aromatic nitrogens is 1. The summed E-state index contributed by atoms with van der Waals surface area (Å²) in [7, 11) is 3.21. The molecule has 0 bridgehead atoms. The van der Waals surface area contributed by atoms with Crippen molar-refractivity contribution in [2.45, 2.75) is 13.1 Å². The Kier molecular flexibility index (Phi) is 6.46. The Bertz CT molecular complexity index is 929. The van der Waals surface area contributed by atoms with E-state index in [0.29, 0.717) is 30.2 Å². The Morgan fingerprint density at radius 3 is 2.43 bits per heavy atom. The van der Waals surface area contributed by atoms with Gasteiger partial charge in [0.25, 0.3) is 5.91 Å². The van der Waals surface area contributed by atoms with E-state index in [0.717, 1.165) is 16.8 Å². The van der Waals surface area contributed by atoms with E-state index in [1.165, 1.54) is 0 Å². The summed E-state index contributed by atoms with van der Waals surface area (Å²) in [6, 6.07) is 17.3. The lowest BCUT2D eigenvalue weighted by Gasteiger charge is -2.11. The predicted octanol–water partition coefficient (Wildman–Crippen LogP) is 3.64. The Hall–Kier alpha value is -3.54. The second-order valence-corrected chi connectivity index (χ2v) is 6.17. The van der Waals surface area contributed by atoms with Crippen molar-refractivity contribution in [2.24, 2.45) is 0 Å². The number of nitrogens with zero attached hydrogens (tertiary/aromatic N) is 1. The van der Waals surface area contributed by atoms with Gasteiger partial charge in [0.1, 0.15) is 0 Å². The van der Waals surface area contributed by atoms with Gasteiger partial charge in [0.05, 0.1) is 25.5 Å². The van der Waals surface area contributed by atoms with E-state index < -0.39 is 0 Å². The highest BCUT2D eigenvalue weighted by Gasteiger charge is 2.08. The molecule has 1 aromatic heterocycles. The van der Waals surface area contributed by atoms with Gasteiger partial charge in [-0.1, -0.05) is 36.4 Å². The van der Waals surface area contributed by atoms with Gasteiger partial charge in [0.15, 0.2) is 11.5 Å². The van der Waals surface area contributed by atoms with Crippen LogP contribution >= 0.6 is 0 Å². The molecule has 144 valence electrons. The highest BCUT2D eigenvalue weighted by Crippen LogP contribution is 2.27. The number of pyridine rings is 1. The molecule has 28 heavy (non-hydrogen) atoms. The number of hydrogen-bond acceptors (Lipinski definition) is 5. The third kappa shape index (κ3) is 5.01. The second kappa shape index (κ2) is 9.41. The van der Waals surface area contributed by atoms with Crippen molar-refractivity contribution in [3.63, 3.8) is 0 Å². The molecule has 0 fully saturated rings. The molecule has 6 heteroatoms. The lowest BCUT2D eigenvalue weighted by atomic mass is 10.2. The molecule has 0 radical (unpaired) electrons. The van der Waals surface area contributed by atoms with E-state index >= 15 is 0 Å². The number of anilines is 1. The standard InChI is InChI=1S/C22H23N3O3/c1-27-20-9-8-17(10-21(20)28-2)13-24-19-11-18(14-23-15-19)22(26)25-12-16-6-4-3-5-7-16/h3-11,14-15,24H,12-13H2,1-2H3,(H,25,26). The average molecular weight is 377 g/mol. The molecule has 3 aromatic rings. The fourth-order valence-electron chi connectivity index (χ4n) is 2.74. The van der Waals surface area contributed by atoms with Gasteiger partial charge in [-0.25, -0.2) is 0 Å². The molecule has 0 aliphatic heterocycles. The Morgan fingerprint density at radius 2 is 1.68 bits per heavy atom. The third-order valence-corrected chi connectivity index (χ3v) is 4.24. The summed E-state index contributed by atoms with van der Waals surface area (Å²) in [5, 5.41) is 6.19. The van der Waals surface area contributed by atoms with Crippen LogP contribution in [0.15, 0.2) is 67.0 Å². The largest absolute Gasteiger partial charge is 0.493 e. The maximum Gasteiger partial charge on any atom is 0.253 e. The number of hydrogen-bond donors (Lipinski definition) is 2. The Labute approximate surface area is 164 Å². The summed E-state index contributed by atoms with van der Waals surface area (Å²) in [5.41, 5.74) is 3.35. The number of benzene rings is 2. The van der Waals surface area contributed by atoms with Crippen LogP contribution in [0.1, 0.15) is 21.5 Å². The van der Waals surface area contributed by atoms with Gasteiger partial charge in [0, 0.05) is 25.5 Å². The maximum absolute atomic E-state index is 12.4. The first-order valence-corrected chi connectivity index (χ1v) is 8.91. The van der Waals surface area contributed by atoms with E-state index in [-0.39, 0.29) is 5.91 Å². The summed E-state index contributed by atoms with van der Waals surface area (Å²) in [5.74, 6) is 1.20. The number of ether oxygens (including phenoxy) is 2. The fraction of sp³-hybridized carbons (Fsp3) is 0.182. The van der Waals surface area contributed by atoms with E-state index in [9.17, 15) is 4.79 Å². The van der Waals surface area contributed by atoms with Gasteiger partial charge >= 0.3 is 0 Å². The van der Waals surface area contributed by atoms with Crippen LogP contribution in [-0.4, -0.2) is 25.1 Å². The predicted molar refractivity (Wildman–Crippen MR) is 109 cm³/mol. The summed E-state index contributed by atoms with van der Waals surface area (Å²) in [4.78, 5) is 16.6. The zero-order chi connectivity index (χ0) is 19.8. The van der Waals surface area contributed by atoms with E-state index in [2.05, 4.69) is 15.6 Å². The van der Waals surface area contributed by atoms with Crippen molar-refractivity contribution in [1.29, 1.82) is 0 Å². The molecular formula is C22H23N3O3. The molecule has 0 saturated heterocycles. The van der Waals surface area contributed by atoms with E-state index in [1.54, 1.807) is 32.7 Å². The number of rotatable bonds is 8. The summed E-state index contributed by atoms with van der Waals surface area (Å²) >= 11 is 0. The molecule has 2 aromatic carbocycles.